The maximum Gasteiger partial charge on any atom is 0.312 e. The molecule has 0 aromatic heterocycles. The summed E-state index contributed by atoms with van der Waals surface area (Å²) in [5.74, 6) is -1.54. The smallest absolute Gasteiger partial charge is 0.312 e. The van der Waals surface area contributed by atoms with Gasteiger partial charge in [-0.05, 0) is 49.4 Å². The van der Waals surface area contributed by atoms with Gasteiger partial charge >= 0.3 is 5.97 Å². The average Bonchev–Trinajstić information content (AvgIpc) is 2.24. The zero-order chi connectivity index (χ0) is 13.7. The third-order valence-corrected chi connectivity index (χ3v) is 2.98. The number of nitrogens with one attached hydrogen (secondary N) is 1. The van der Waals surface area contributed by atoms with Crippen molar-refractivity contribution in [3.63, 3.8) is 0 Å². The van der Waals surface area contributed by atoms with Gasteiger partial charge in [0.05, 0.1) is 0 Å². The Labute approximate surface area is 107 Å². The van der Waals surface area contributed by atoms with Crippen molar-refractivity contribution in [2.75, 3.05) is 6.54 Å². The van der Waals surface area contributed by atoms with E-state index in [4.69, 9.17) is 5.11 Å². The van der Waals surface area contributed by atoms with Crippen molar-refractivity contribution in [3.05, 3.63) is 34.4 Å². The number of rotatable bonds is 5. The SMILES string of the molecule is Cc1cc(C)c(CCNC(=O)CC(=O)O)cc1C. The monoisotopic (exact) mass is 249 g/mol. The van der Waals surface area contributed by atoms with Gasteiger partial charge in [-0.2, -0.15) is 0 Å². The summed E-state index contributed by atoms with van der Waals surface area (Å²) < 4.78 is 0. The van der Waals surface area contributed by atoms with Crippen molar-refractivity contribution in [2.45, 2.75) is 33.6 Å². The highest BCUT2D eigenvalue weighted by Gasteiger charge is 2.07. The van der Waals surface area contributed by atoms with Crippen LogP contribution in [0.5, 0.6) is 0 Å². The molecule has 0 bridgehead atoms. The highest BCUT2D eigenvalue weighted by Crippen LogP contribution is 2.15. The summed E-state index contributed by atoms with van der Waals surface area (Å²) in [5, 5.41) is 11.1. The van der Waals surface area contributed by atoms with Crippen molar-refractivity contribution >= 4 is 11.9 Å². The molecule has 0 saturated heterocycles. The second kappa shape index (κ2) is 6.19. The molecule has 1 rings (SSSR count). The first kappa shape index (κ1) is 14.2. The third-order valence-electron chi connectivity index (χ3n) is 2.98. The Morgan fingerprint density at radius 1 is 1.11 bits per heavy atom. The highest BCUT2D eigenvalue weighted by atomic mass is 16.4. The number of benzene rings is 1. The van der Waals surface area contributed by atoms with Gasteiger partial charge in [0.1, 0.15) is 6.42 Å². The van der Waals surface area contributed by atoms with Gasteiger partial charge in [-0.15, -0.1) is 0 Å². The van der Waals surface area contributed by atoms with E-state index < -0.39 is 18.3 Å². The van der Waals surface area contributed by atoms with Crippen LogP contribution in [0.3, 0.4) is 0 Å². The summed E-state index contributed by atoms with van der Waals surface area (Å²) in [7, 11) is 0. The minimum atomic E-state index is -1.10. The van der Waals surface area contributed by atoms with Crippen LogP contribution >= 0.6 is 0 Å². The average molecular weight is 249 g/mol. The van der Waals surface area contributed by atoms with Crippen molar-refractivity contribution in [2.24, 2.45) is 0 Å². The Hall–Kier alpha value is -1.84. The molecule has 0 radical (unpaired) electrons. The lowest BCUT2D eigenvalue weighted by molar-refractivity contribution is -0.140. The zero-order valence-electron chi connectivity index (χ0n) is 11.0. The van der Waals surface area contributed by atoms with Crippen molar-refractivity contribution < 1.29 is 14.7 Å². The molecule has 0 aliphatic heterocycles. The normalized spacial score (nSPS) is 10.2. The number of carbonyl (C=O) groups is 2. The molecule has 1 aromatic carbocycles. The van der Waals surface area contributed by atoms with E-state index >= 15 is 0 Å². The van der Waals surface area contributed by atoms with Crippen LogP contribution in [0.1, 0.15) is 28.7 Å². The van der Waals surface area contributed by atoms with E-state index in [1.54, 1.807) is 0 Å². The van der Waals surface area contributed by atoms with E-state index in [1.807, 2.05) is 6.92 Å². The van der Waals surface area contributed by atoms with Crippen LogP contribution in [0.2, 0.25) is 0 Å². The van der Waals surface area contributed by atoms with Gasteiger partial charge in [0.15, 0.2) is 0 Å². The van der Waals surface area contributed by atoms with Crippen molar-refractivity contribution in [1.82, 2.24) is 5.32 Å². The molecule has 1 amide bonds. The maximum absolute atomic E-state index is 11.2. The van der Waals surface area contributed by atoms with Crippen LogP contribution in [-0.4, -0.2) is 23.5 Å². The fourth-order valence-corrected chi connectivity index (χ4v) is 1.83. The van der Waals surface area contributed by atoms with Gasteiger partial charge in [-0.3, -0.25) is 9.59 Å². The molecule has 0 aliphatic carbocycles. The molecule has 0 saturated carbocycles. The predicted octanol–water partition coefficient (Wildman–Crippen LogP) is 1.75. The largest absolute Gasteiger partial charge is 0.481 e. The minimum absolute atomic E-state index is 0.441. The van der Waals surface area contributed by atoms with Crippen LogP contribution in [-0.2, 0) is 16.0 Å². The van der Waals surface area contributed by atoms with E-state index in [0.717, 1.165) is 6.42 Å². The number of aliphatic carboxylic acids is 1. The molecule has 0 atom stereocenters. The molecule has 0 unspecified atom stereocenters. The molecule has 18 heavy (non-hydrogen) atoms. The standard InChI is InChI=1S/C14H19NO3/c1-9-6-11(3)12(7-10(9)2)4-5-15-13(16)8-14(17)18/h6-7H,4-5,8H2,1-3H3,(H,15,16)(H,17,18). The first-order chi connectivity index (χ1) is 8.40. The fraction of sp³-hybridized carbons (Fsp3) is 0.429. The first-order valence-electron chi connectivity index (χ1n) is 5.95. The second-order valence-corrected chi connectivity index (χ2v) is 4.53. The van der Waals surface area contributed by atoms with Gasteiger partial charge in [0, 0.05) is 6.54 Å². The van der Waals surface area contributed by atoms with E-state index in [0.29, 0.717) is 6.54 Å². The number of hydrogen-bond donors (Lipinski definition) is 2. The molecule has 0 heterocycles. The van der Waals surface area contributed by atoms with E-state index in [9.17, 15) is 9.59 Å². The van der Waals surface area contributed by atoms with E-state index in [1.165, 1.54) is 22.3 Å². The summed E-state index contributed by atoms with van der Waals surface area (Å²) in [6.45, 7) is 6.64. The topological polar surface area (TPSA) is 66.4 Å². The Kier molecular flexibility index (Phi) is 4.89. The number of aryl methyl sites for hydroxylation is 3. The molecule has 0 spiro atoms. The molecule has 98 valence electrons. The predicted molar refractivity (Wildman–Crippen MR) is 69.6 cm³/mol. The summed E-state index contributed by atoms with van der Waals surface area (Å²) in [4.78, 5) is 21.5. The lowest BCUT2D eigenvalue weighted by Crippen LogP contribution is -2.27. The Bertz CT molecular complexity index is 466. The van der Waals surface area contributed by atoms with Crippen LogP contribution in [0, 0.1) is 20.8 Å². The first-order valence-corrected chi connectivity index (χ1v) is 5.95. The minimum Gasteiger partial charge on any atom is -0.481 e. The van der Waals surface area contributed by atoms with Gasteiger partial charge in [-0.25, -0.2) is 0 Å². The van der Waals surface area contributed by atoms with E-state index in [2.05, 4.69) is 31.3 Å². The number of carboxylic acid groups (broad SMARTS) is 1. The number of amides is 1. The Morgan fingerprint density at radius 3 is 2.33 bits per heavy atom. The lowest BCUT2D eigenvalue weighted by atomic mass is 9.99. The molecule has 2 N–H and O–H groups in total. The summed E-state index contributed by atoms with van der Waals surface area (Å²) >= 11 is 0. The van der Waals surface area contributed by atoms with Gasteiger partial charge < -0.3 is 10.4 Å². The fourth-order valence-electron chi connectivity index (χ4n) is 1.83. The molecule has 4 heteroatoms. The van der Waals surface area contributed by atoms with E-state index in [-0.39, 0.29) is 0 Å². The van der Waals surface area contributed by atoms with Gasteiger partial charge in [-0.1, -0.05) is 12.1 Å². The third kappa shape index (κ3) is 4.20. The quantitative estimate of drug-likeness (QED) is 0.781. The van der Waals surface area contributed by atoms with Gasteiger partial charge in [0.2, 0.25) is 5.91 Å². The zero-order valence-corrected chi connectivity index (χ0v) is 11.0. The number of hydrogen-bond acceptors (Lipinski definition) is 2. The Morgan fingerprint density at radius 2 is 1.72 bits per heavy atom. The maximum atomic E-state index is 11.2. The summed E-state index contributed by atoms with van der Waals surface area (Å²) in [6.07, 6.45) is 0.254. The summed E-state index contributed by atoms with van der Waals surface area (Å²) in [5.41, 5.74) is 4.87. The molecule has 0 aliphatic rings. The second-order valence-electron chi connectivity index (χ2n) is 4.53. The van der Waals surface area contributed by atoms with Crippen molar-refractivity contribution in [1.29, 1.82) is 0 Å². The summed E-state index contributed by atoms with van der Waals surface area (Å²) in [6, 6.07) is 4.25. The number of carbonyl (C=O) groups excluding carboxylic acids is 1. The van der Waals surface area contributed by atoms with Crippen LogP contribution in [0.25, 0.3) is 0 Å². The lowest BCUT2D eigenvalue weighted by Gasteiger charge is -2.10. The molecule has 0 fully saturated rings. The van der Waals surface area contributed by atoms with Crippen LogP contribution in [0.15, 0.2) is 12.1 Å². The molecule has 1 aromatic rings. The molecular weight excluding hydrogens is 230 g/mol. The number of carboxylic acids is 1. The van der Waals surface area contributed by atoms with Crippen LogP contribution in [0.4, 0.5) is 0 Å². The molecule has 4 nitrogen and oxygen atoms in total. The van der Waals surface area contributed by atoms with Crippen LogP contribution < -0.4 is 5.32 Å². The highest BCUT2D eigenvalue weighted by molar-refractivity contribution is 5.93. The molecular formula is C14H19NO3. The van der Waals surface area contributed by atoms with Crippen molar-refractivity contribution in [3.8, 4) is 0 Å². The van der Waals surface area contributed by atoms with Gasteiger partial charge in [0.25, 0.3) is 0 Å². The Balaban J connectivity index is 2.52.